The number of rotatable bonds is 4. The Balaban J connectivity index is 1.51. The molecule has 1 amide bonds. The van der Waals surface area contributed by atoms with Crippen molar-refractivity contribution in [2.24, 2.45) is 11.7 Å². The molecule has 4 heterocycles. The molecule has 8 heteroatoms. The molecule has 0 aromatic carbocycles. The van der Waals surface area contributed by atoms with E-state index in [1.54, 1.807) is 0 Å². The first-order valence-electron chi connectivity index (χ1n) is 10.2. The summed E-state index contributed by atoms with van der Waals surface area (Å²) in [7, 11) is 0. The Kier molecular flexibility index (Phi) is 4.90. The van der Waals surface area contributed by atoms with Crippen LogP contribution in [0.2, 0.25) is 0 Å². The molecule has 1 fully saturated rings. The van der Waals surface area contributed by atoms with Crippen LogP contribution in [-0.2, 0) is 12.1 Å². The zero-order valence-corrected chi connectivity index (χ0v) is 17.6. The Hall–Kier alpha value is -2.74. The predicted molar refractivity (Wildman–Crippen MR) is 111 cm³/mol. The van der Waals surface area contributed by atoms with Gasteiger partial charge in [-0.1, -0.05) is 5.21 Å². The molecule has 29 heavy (non-hydrogen) atoms. The molecule has 8 nitrogen and oxygen atoms in total. The second-order valence-electron chi connectivity index (χ2n) is 8.79. The number of amides is 1. The first kappa shape index (κ1) is 19.6. The Labute approximate surface area is 170 Å². The lowest BCUT2D eigenvalue weighted by Crippen LogP contribution is -2.41. The predicted octanol–water partition coefficient (Wildman–Crippen LogP) is 2.29. The molecule has 1 aliphatic rings. The van der Waals surface area contributed by atoms with Crippen molar-refractivity contribution in [2.75, 3.05) is 13.1 Å². The average Bonchev–Trinajstić information content (AvgIpc) is 3.24. The normalized spacial score (nSPS) is 17.8. The number of imidazole rings is 1. The van der Waals surface area contributed by atoms with E-state index >= 15 is 0 Å². The van der Waals surface area contributed by atoms with Gasteiger partial charge in [0.1, 0.15) is 17.0 Å². The molecule has 0 radical (unpaired) electrons. The van der Waals surface area contributed by atoms with Crippen molar-refractivity contribution >= 4 is 11.6 Å². The number of nitrogens with two attached hydrogens (primary N) is 1. The van der Waals surface area contributed by atoms with Gasteiger partial charge in [0.2, 0.25) is 0 Å². The number of hydrogen-bond donors (Lipinski definition) is 1. The number of carbonyl (C=O) groups is 1. The quantitative estimate of drug-likeness (QED) is 0.731. The van der Waals surface area contributed by atoms with Gasteiger partial charge in [0, 0.05) is 25.8 Å². The zero-order chi connectivity index (χ0) is 20.8. The number of nitrogens with zero attached hydrogens (tertiary/aromatic N) is 6. The van der Waals surface area contributed by atoms with Crippen LogP contribution < -0.4 is 5.73 Å². The van der Waals surface area contributed by atoms with E-state index in [9.17, 15) is 4.79 Å². The first-order valence-corrected chi connectivity index (χ1v) is 10.2. The Morgan fingerprint density at radius 2 is 2.14 bits per heavy atom. The van der Waals surface area contributed by atoms with Gasteiger partial charge in [-0.05, 0) is 64.2 Å². The number of piperidine rings is 1. The number of carbonyl (C=O) groups excluding carboxylic acids is 1. The number of fused-ring (bicyclic) bond motifs is 1. The maximum Gasteiger partial charge on any atom is 0.272 e. The lowest BCUT2D eigenvalue weighted by atomic mass is 9.97. The molecule has 0 saturated carbocycles. The third-order valence-corrected chi connectivity index (χ3v) is 5.61. The molecule has 154 valence electrons. The fourth-order valence-corrected chi connectivity index (χ4v) is 4.02. The van der Waals surface area contributed by atoms with Crippen LogP contribution in [0.5, 0.6) is 0 Å². The van der Waals surface area contributed by atoms with Gasteiger partial charge in [-0.2, -0.15) is 0 Å². The van der Waals surface area contributed by atoms with Gasteiger partial charge in [0.25, 0.3) is 5.91 Å². The van der Waals surface area contributed by atoms with Gasteiger partial charge in [-0.3, -0.25) is 13.9 Å². The molecule has 0 bridgehead atoms. The number of likely N-dealkylation sites (tertiary alicyclic amines) is 1. The van der Waals surface area contributed by atoms with Gasteiger partial charge >= 0.3 is 0 Å². The highest BCUT2D eigenvalue weighted by atomic mass is 16.2. The molecule has 0 spiro atoms. The molecule has 1 aliphatic heterocycles. The van der Waals surface area contributed by atoms with E-state index in [4.69, 9.17) is 5.73 Å². The number of hydrogen-bond acceptors (Lipinski definition) is 5. The standard InChI is InChI=1S/C21H29N7O/c1-14-7-9-28-18(10-14)23-15(2)19(28)20(29)26-8-5-6-16(11-26)12-27-13-17(24-25-27)21(3,4)22/h7,9-10,13,16H,5-6,8,11-12,22H2,1-4H3/t16-/m0/s1. The van der Waals surface area contributed by atoms with Crippen molar-refractivity contribution in [1.29, 1.82) is 0 Å². The van der Waals surface area contributed by atoms with Crippen molar-refractivity contribution < 1.29 is 4.79 Å². The molecular formula is C21H29N7O. The minimum atomic E-state index is -0.508. The first-order chi connectivity index (χ1) is 13.7. The highest BCUT2D eigenvalue weighted by molar-refractivity contribution is 5.94. The van der Waals surface area contributed by atoms with Gasteiger partial charge in [-0.25, -0.2) is 4.98 Å². The van der Waals surface area contributed by atoms with E-state index in [1.807, 2.05) is 66.2 Å². The summed E-state index contributed by atoms with van der Waals surface area (Å²) in [6.07, 6.45) is 5.90. The minimum absolute atomic E-state index is 0.0472. The highest BCUT2D eigenvalue weighted by Gasteiger charge is 2.28. The van der Waals surface area contributed by atoms with Gasteiger partial charge in [0.05, 0.1) is 17.4 Å². The van der Waals surface area contributed by atoms with E-state index in [2.05, 4.69) is 15.3 Å². The third kappa shape index (κ3) is 3.89. The largest absolute Gasteiger partial charge is 0.337 e. The van der Waals surface area contributed by atoms with Gasteiger partial charge in [0.15, 0.2) is 0 Å². The molecule has 0 aliphatic carbocycles. The van der Waals surface area contributed by atoms with Crippen LogP contribution in [0, 0.1) is 19.8 Å². The van der Waals surface area contributed by atoms with Crippen molar-refractivity contribution in [3.63, 3.8) is 0 Å². The monoisotopic (exact) mass is 395 g/mol. The van der Waals surface area contributed by atoms with Crippen molar-refractivity contribution in [2.45, 2.75) is 52.6 Å². The van der Waals surface area contributed by atoms with Crippen molar-refractivity contribution in [3.8, 4) is 0 Å². The van der Waals surface area contributed by atoms with E-state index in [0.29, 0.717) is 18.2 Å². The molecule has 1 atom stereocenters. The van der Waals surface area contributed by atoms with Crippen LogP contribution in [0.4, 0.5) is 0 Å². The van der Waals surface area contributed by atoms with E-state index in [1.165, 1.54) is 0 Å². The number of pyridine rings is 1. The molecule has 3 aromatic heterocycles. The Bertz CT molecular complexity index is 1040. The van der Waals surface area contributed by atoms with Crippen LogP contribution in [-0.4, -0.2) is 48.3 Å². The summed E-state index contributed by atoms with van der Waals surface area (Å²) in [6, 6.07) is 4.01. The molecule has 4 rings (SSSR count). The zero-order valence-electron chi connectivity index (χ0n) is 17.6. The molecule has 2 N–H and O–H groups in total. The van der Waals surface area contributed by atoms with Crippen LogP contribution in [0.25, 0.3) is 5.65 Å². The molecular weight excluding hydrogens is 366 g/mol. The second kappa shape index (κ2) is 7.26. The Morgan fingerprint density at radius 1 is 1.34 bits per heavy atom. The van der Waals surface area contributed by atoms with Gasteiger partial charge < -0.3 is 10.6 Å². The fourth-order valence-electron chi connectivity index (χ4n) is 4.02. The van der Waals surface area contributed by atoms with Crippen LogP contribution in [0.1, 0.15) is 54.1 Å². The summed E-state index contributed by atoms with van der Waals surface area (Å²) in [6.45, 7) is 9.98. The second-order valence-corrected chi connectivity index (χ2v) is 8.79. The molecule has 3 aromatic rings. The smallest absolute Gasteiger partial charge is 0.272 e. The SMILES string of the molecule is Cc1ccn2c(C(=O)N3CCC[C@H](Cn4cc(C(C)(C)N)nn4)C3)c(C)nc2c1. The maximum absolute atomic E-state index is 13.3. The van der Waals surface area contributed by atoms with Crippen molar-refractivity contribution in [1.82, 2.24) is 29.3 Å². The summed E-state index contributed by atoms with van der Waals surface area (Å²) in [4.78, 5) is 19.9. The Morgan fingerprint density at radius 3 is 2.86 bits per heavy atom. The summed E-state index contributed by atoms with van der Waals surface area (Å²) in [5, 5.41) is 8.43. The number of aryl methyl sites for hydroxylation is 2. The average molecular weight is 396 g/mol. The highest BCUT2D eigenvalue weighted by Crippen LogP contribution is 2.23. The lowest BCUT2D eigenvalue weighted by Gasteiger charge is -2.32. The molecule has 1 saturated heterocycles. The third-order valence-electron chi connectivity index (χ3n) is 5.61. The summed E-state index contributed by atoms with van der Waals surface area (Å²) in [5.41, 5.74) is 9.76. The van der Waals surface area contributed by atoms with Crippen LogP contribution >= 0.6 is 0 Å². The van der Waals surface area contributed by atoms with Crippen LogP contribution in [0.3, 0.4) is 0 Å². The molecule has 0 unspecified atom stereocenters. The minimum Gasteiger partial charge on any atom is -0.337 e. The van der Waals surface area contributed by atoms with Crippen LogP contribution in [0.15, 0.2) is 24.5 Å². The maximum atomic E-state index is 13.3. The topological polar surface area (TPSA) is 94.3 Å². The summed E-state index contributed by atoms with van der Waals surface area (Å²) < 4.78 is 3.76. The van der Waals surface area contributed by atoms with Crippen molar-refractivity contribution in [3.05, 3.63) is 47.2 Å². The van der Waals surface area contributed by atoms with E-state index in [-0.39, 0.29) is 5.91 Å². The van der Waals surface area contributed by atoms with Gasteiger partial charge in [-0.15, -0.1) is 5.10 Å². The summed E-state index contributed by atoms with van der Waals surface area (Å²) >= 11 is 0. The van der Waals surface area contributed by atoms with E-state index < -0.39 is 5.54 Å². The fraction of sp³-hybridized carbons (Fsp3) is 0.524. The summed E-state index contributed by atoms with van der Waals surface area (Å²) in [5.74, 6) is 0.385. The number of aromatic nitrogens is 5. The van der Waals surface area contributed by atoms with E-state index in [0.717, 1.165) is 48.5 Å². The lowest BCUT2D eigenvalue weighted by molar-refractivity contribution is 0.0651.